The minimum atomic E-state index is -0.974. The Morgan fingerprint density at radius 2 is 2.22 bits per heavy atom. The summed E-state index contributed by atoms with van der Waals surface area (Å²) in [5.74, 6) is 0.654. The van der Waals surface area contributed by atoms with Gasteiger partial charge in [0.15, 0.2) is 0 Å². The van der Waals surface area contributed by atoms with Gasteiger partial charge in [-0.1, -0.05) is 6.07 Å². The molecule has 1 aromatic carbocycles. The SMILES string of the molecule is CN1CCC2(C1)CN(CCSc1ccc3c(c1C(=O)O)OB(O)C1CC31)C2. The maximum absolute atomic E-state index is 11.9. The van der Waals surface area contributed by atoms with Crippen LogP contribution in [0.2, 0.25) is 5.82 Å². The molecular weight excluding hydrogens is 363 g/mol. The normalized spacial score (nSPS) is 28.4. The van der Waals surface area contributed by atoms with Gasteiger partial charge in [0.2, 0.25) is 0 Å². The lowest BCUT2D eigenvalue weighted by Crippen LogP contribution is -2.57. The smallest absolute Gasteiger partial charge is 0.526 e. The van der Waals surface area contributed by atoms with Crippen molar-refractivity contribution in [1.29, 1.82) is 0 Å². The van der Waals surface area contributed by atoms with Gasteiger partial charge >= 0.3 is 13.1 Å². The lowest BCUT2D eigenvalue weighted by Gasteiger charge is -2.48. The molecule has 0 bridgehead atoms. The zero-order chi connectivity index (χ0) is 18.8. The highest BCUT2D eigenvalue weighted by atomic mass is 32.2. The van der Waals surface area contributed by atoms with Crippen molar-refractivity contribution in [3.63, 3.8) is 0 Å². The summed E-state index contributed by atoms with van der Waals surface area (Å²) in [5, 5.41) is 19.8. The molecule has 5 rings (SSSR count). The number of likely N-dealkylation sites (tertiary alicyclic amines) is 2. The van der Waals surface area contributed by atoms with Crippen LogP contribution in [0.3, 0.4) is 0 Å². The van der Waals surface area contributed by atoms with Crippen LogP contribution in [0.25, 0.3) is 0 Å². The zero-order valence-corrected chi connectivity index (χ0v) is 16.4. The third-order valence-corrected chi connectivity index (χ3v) is 7.66. The first-order valence-corrected chi connectivity index (χ1v) is 10.7. The summed E-state index contributed by atoms with van der Waals surface area (Å²) < 4.78 is 5.60. The van der Waals surface area contributed by atoms with Gasteiger partial charge in [-0.05, 0) is 44.0 Å². The van der Waals surface area contributed by atoms with E-state index < -0.39 is 13.1 Å². The number of carboxylic acids is 1. The maximum Gasteiger partial charge on any atom is 0.526 e. The number of aromatic carboxylic acids is 1. The second-order valence-electron chi connectivity index (χ2n) is 8.72. The molecule has 0 amide bonds. The predicted octanol–water partition coefficient (Wildman–Crippen LogP) is 1.84. The molecule has 144 valence electrons. The summed E-state index contributed by atoms with van der Waals surface area (Å²) in [6, 6.07) is 3.92. The number of hydrogen-bond donors (Lipinski definition) is 2. The van der Waals surface area contributed by atoms with Crippen molar-refractivity contribution in [3.8, 4) is 5.75 Å². The van der Waals surface area contributed by atoms with Gasteiger partial charge in [-0.15, -0.1) is 11.8 Å². The van der Waals surface area contributed by atoms with Crippen LogP contribution in [0.5, 0.6) is 5.75 Å². The molecule has 3 fully saturated rings. The number of carboxylic acid groups (broad SMARTS) is 1. The molecule has 27 heavy (non-hydrogen) atoms. The van der Waals surface area contributed by atoms with Gasteiger partial charge in [0.05, 0.1) is 0 Å². The molecule has 1 saturated carbocycles. The number of thioether (sulfide) groups is 1. The van der Waals surface area contributed by atoms with Gasteiger partial charge in [-0.25, -0.2) is 4.79 Å². The van der Waals surface area contributed by atoms with E-state index in [-0.39, 0.29) is 17.3 Å². The van der Waals surface area contributed by atoms with Crippen molar-refractivity contribution in [2.24, 2.45) is 5.41 Å². The van der Waals surface area contributed by atoms with Gasteiger partial charge < -0.3 is 24.6 Å². The topological polar surface area (TPSA) is 73.2 Å². The molecule has 6 nitrogen and oxygen atoms in total. The molecule has 2 unspecified atom stereocenters. The summed E-state index contributed by atoms with van der Waals surface area (Å²) in [4.78, 5) is 17.5. The van der Waals surface area contributed by atoms with E-state index >= 15 is 0 Å². The highest BCUT2D eigenvalue weighted by molar-refractivity contribution is 7.99. The minimum Gasteiger partial charge on any atom is -0.535 e. The Hall–Kier alpha value is -1.22. The quantitative estimate of drug-likeness (QED) is 0.589. The van der Waals surface area contributed by atoms with Gasteiger partial charge in [-0.3, -0.25) is 0 Å². The fraction of sp³-hybridized carbons (Fsp3) is 0.632. The molecule has 3 aliphatic heterocycles. The van der Waals surface area contributed by atoms with Crippen molar-refractivity contribution in [1.82, 2.24) is 9.80 Å². The average Bonchev–Trinajstić information content (AvgIpc) is 3.30. The number of fused-ring (bicyclic) bond motifs is 3. The number of benzene rings is 1. The second-order valence-corrected chi connectivity index (χ2v) is 9.86. The van der Waals surface area contributed by atoms with E-state index in [2.05, 4.69) is 16.8 Å². The molecule has 0 radical (unpaired) electrons. The standard InChI is InChI=1S/C19H25BN2O4S/c1-21-5-4-19(9-21)10-22(11-19)6-7-27-15-3-2-12-13-8-14(13)20(25)26-17(12)16(15)18(23)24/h2-3,13-14,25H,4-11H2,1H3,(H,23,24). The molecule has 8 heteroatoms. The van der Waals surface area contributed by atoms with Crippen LogP contribution in [0, 0.1) is 5.41 Å². The van der Waals surface area contributed by atoms with E-state index in [1.165, 1.54) is 19.5 Å². The van der Waals surface area contributed by atoms with Crippen LogP contribution >= 0.6 is 11.8 Å². The fourth-order valence-electron chi connectivity index (χ4n) is 5.18. The molecule has 0 aromatic heterocycles. The first-order chi connectivity index (χ1) is 13.0. The van der Waals surface area contributed by atoms with Crippen LogP contribution in [-0.2, 0) is 0 Å². The van der Waals surface area contributed by atoms with Crippen molar-refractivity contribution < 1.29 is 19.6 Å². The van der Waals surface area contributed by atoms with Crippen molar-refractivity contribution in [3.05, 3.63) is 23.3 Å². The molecule has 3 heterocycles. The molecule has 1 aliphatic carbocycles. The Morgan fingerprint density at radius 1 is 1.41 bits per heavy atom. The zero-order valence-electron chi connectivity index (χ0n) is 15.6. The molecule has 2 saturated heterocycles. The van der Waals surface area contributed by atoms with Gasteiger partial charge in [-0.2, -0.15) is 0 Å². The third kappa shape index (κ3) is 3.07. The van der Waals surface area contributed by atoms with E-state index in [4.69, 9.17) is 4.65 Å². The van der Waals surface area contributed by atoms with E-state index in [0.717, 1.165) is 42.3 Å². The Balaban J connectivity index is 1.24. The van der Waals surface area contributed by atoms with Crippen molar-refractivity contribution in [2.45, 2.75) is 29.5 Å². The highest BCUT2D eigenvalue weighted by Gasteiger charge is 2.54. The van der Waals surface area contributed by atoms with Crippen LogP contribution in [0.15, 0.2) is 17.0 Å². The van der Waals surface area contributed by atoms with Crippen LogP contribution in [0.4, 0.5) is 0 Å². The average molecular weight is 388 g/mol. The third-order valence-electron chi connectivity index (χ3n) is 6.62. The second kappa shape index (κ2) is 6.41. The maximum atomic E-state index is 11.9. The summed E-state index contributed by atoms with van der Waals surface area (Å²) in [6.07, 6.45) is 2.18. The molecule has 2 N–H and O–H groups in total. The van der Waals surface area contributed by atoms with E-state index in [1.54, 1.807) is 11.8 Å². The largest absolute Gasteiger partial charge is 0.535 e. The molecule has 1 spiro atoms. The van der Waals surface area contributed by atoms with Gasteiger partial charge in [0.25, 0.3) is 0 Å². The molecular formula is C19H25BN2O4S. The van der Waals surface area contributed by atoms with E-state index in [1.807, 2.05) is 12.1 Å². The van der Waals surface area contributed by atoms with Crippen molar-refractivity contribution >= 4 is 24.8 Å². The van der Waals surface area contributed by atoms with Gasteiger partial charge in [0, 0.05) is 48.1 Å². The first kappa shape index (κ1) is 17.9. The minimum absolute atomic E-state index is 0.131. The Morgan fingerprint density at radius 3 is 2.93 bits per heavy atom. The van der Waals surface area contributed by atoms with Crippen LogP contribution in [0.1, 0.15) is 34.7 Å². The number of nitrogens with zero attached hydrogens (tertiary/aromatic N) is 2. The Labute approximate surface area is 164 Å². The van der Waals surface area contributed by atoms with Gasteiger partial charge in [0.1, 0.15) is 11.3 Å². The summed E-state index contributed by atoms with van der Waals surface area (Å²) in [7, 11) is 1.32. The van der Waals surface area contributed by atoms with E-state index in [0.29, 0.717) is 11.2 Å². The fourth-order valence-corrected chi connectivity index (χ4v) is 6.24. The molecule has 2 atom stereocenters. The lowest BCUT2D eigenvalue weighted by atomic mass is 9.77. The monoisotopic (exact) mass is 388 g/mol. The first-order valence-electron chi connectivity index (χ1n) is 9.74. The highest BCUT2D eigenvalue weighted by Crippen LogP contribution is 2.60. The molecule has 4 aliphatic rings. The summed E-state index contributed by atoms with van der Waals surface area (Å²) in [5.41, 5.74) is 1.67. The van der Waals surface area contributed by atoms with Crippen molar-refractivity contribution in [2.75, 3.05) is 45.5 Å². The number of hydrogen-bond acceptors (Lipinski definition) is 6. The molecule has 1 aromatic rings. The number of carbonyl (C=O) groups is 1. The van der Waals surface area contributed by atoms with Crippen LogP contribution in [-0.4, -0.2) is 78.5 Å². The van der Waals surface area contributed by atoms with Crippen LogP contribution < -0.4 is 4.65 Å². The summed E-state index contributed by atoms with van der Waals surface area (Å²) >= 11 is 1.58. The Bertz CT molecular complexity index is 785. The van der Waals surface area contributed by atoms with E-state index in [9.17, 15) is 14.9 Å². The lowest BCUT2D eigenvalue weighted by molar-refractivity contribution is 0.0157. The summed E-state index contributed by atoms with van der Waals surface area (Å²) in [6.45, 7) is 5.69. The predicted molar refractivity (Wildman–Crippen MR) is 105 cm³/mol. The number of rotatable bonds is 5. The Kier molecular flexibility index (Phi) is 4.24.